The van der Waals surface area contributed by atoms with Crippen molar-refractivity contribution in [3.05, 3.63) is 0 Å². The van der Waals surface area contributed by atoms with Crippen LogP contribution in [0.4, 0.5) is 0 Å². The molecule has 2 spiro atoms. The van der Waals surface area contributed by atoms with Gasteiger partial charge in [-0.2, -0.15) is 0 Å². The fraction of sp³-hybridized carbons (Fsp3) is 1.00. The molecule has 2 unspecified atom stereocenters. The van der Waals surface area contributed by atoms with E-state index in [1.165, 1.54) is 0 Å². The van der Waals surface area contributed by atoms with E-state index in [2.05, 4.69) is 0 Å². The van der Waals surface area contributed by atoms with Crippen LogP contribution < -0.4 is 0 Å². The second-order valence-corrected chi connectivity index (χ2v) is 6.63. The zero-order valence-corrected chi connectivity index (χ0v) is 11.7. The number of epoxide rings is 1. The lowest BCUT2D eigenvalue weighted by Crippen LogP contribution is -2.64. The third-order valence-corrected chi connectivity index (χ3v) is 4.24. The van der Waals surface area contributed by atoms with Gasteiger partial charge in [-0.15, -0.1) is 0 Å². The van der Waals surface area contributed by atoms with Crippen LogP contribution in [0.3, 0.4) is 0 Å². The SMILES string of the molecule is CC1(C)OC2[C@@H](CO[C@]3(COC(C)(C)O3)C23CO3)O1. The molecule has 4 saturated heterocycles. The van der Waals surface area contributed by atoms with Crippen molar-refractivity contribution < 1.29 is 28.4 Å². The van der Waals surface area contributed by atoms with Crippen LogP contribution in [0, 0.1) is 0 Å². The predicted octanol–water partition coefficient (Wildman–Crippen LogP) is 0.785. The summed E-state index contributed by atoms with van der Waals surface area (Å²) in [6, 6.07) is 0. The second-order valence-electron chi connectivity index (χ2n) is 6.63. The van der Waals surface area contributed by atoms with Crippen molar-refractivity contribution in [2.75, 3.05) is 19.8 Å². The molecule has 4 aliphatic heterocycles. The van der Waals surface area contributed by atoms with Crippen molar-refractivity contribution in [3.63, 3.8) is 0 Å². The third kappa shape index (κ3) is 1.58. The Morgan fingerprint density at radius 3 is 2.16 bits per heavy atom. The van der Waals surface area contributed by atoms with Crippen molar-refractivity contribution in [2.24, 2.45) is 0 Å². The van der Waals surface area contributed by atoms with Gasteiger partial charge < -0.3 is 28.4 Å². The van der Waals surface area contributed by atoms with Gasteiger partial charge in [0.2, 0.25) is 5.79 Å². The van der Waals surface area contributed by atoms with Crippen molar-refractivity contribution >= 4 is 0 Å². The zero-order valence-electron chi connectivity index (χ0n) is 11.7. The minimum Gasteiger partial charge on any atom is -0.361 e. The average molecular weight is 272 g/mol. The highest BCUT2D eigenvalue weighted by Gasteiger charge is 2.78. The minimum atomic E-state index is -0.874. The van der Waals surface area contributed by atoms with E-state index in [1.54, 1.807) is 0 Å². The summed E-state index contributed by atoms with van der Waals surface area (Å²) in [4.78, 5) is 0. The molecule has 0 bridgehead atoms. The molecule has 0 aromatic rings. The van der Waals surface area contributed by atoms with Gasteiger partial charge in [0.15, 0.2) is 17.2 Å². The first kappa shape index (κ1) is 12.5. The summed E-state index contributed by atoms with van der Waals surface area (Å²) in [6.07, 6.45) is -0.288. The summed E-state index contributed by atoms with van der Waals surface area (Å²) in [5, 5.41) is 0. The van der Waals surface area contributed by atoms with Crippen LogP contribution in [0.15, 0.2) is 0 Å². The minimum absolute atomic E-state index is 0.115. The number of rotatable bonds is 0. The van der Waals surface area contributed by atoms with Crippen molar-refractivity contribution in [2.45, 2.75) is 62.9 Å². The molecule has 6 nitrogen and oxygen atoms in total. The molecule has 0 aromatic heterocycles. The van der Waals surface area contributed by atoms with Crippen LogP contribution in [0.5, 0.6) is 0 Å². The van der Waals surface area contributed by atoms with E-state index in [1.807, 2.05) is 27.7 Å². The first-order valence-electron chi connectivity index (χ1n) is 6.75. The summed E-state index contributed by atoms with van der Waals surface area (Å²) in [7, 11) is 0. The van der Waals surface area contributed by atoms with Gasteiger partial charge in [0.25, 0.3) is 0 Å². The molecule has 6 heteroatoms. The molecule has 4 rings (SSSR count). The third-order valence-electron chi connectivity index (χ3n) is 4.24. The van der Waals surface area contributed by atoms with E-state index in [-0.39, 0.29) is 12.2 Å². The van der Waals surface area contributed by atoms with E-state index in [0.717, 1.165) is 0 Å². The quantitative estimate of drug-likeness (QED) is 0.608. The van der Waals surface area contributed by atoms with Gasteiger partial charge in [-0.1, -0.05) is 0 Å². The largest absolute Gasteiger partial charge is 0.361 e. The standard InChI is InChI=1S/C13H20O6/c1-10(2)15-7-13(19-10)12(6-16-12)9-8(5-14-13)17-11(3,4)18-9/h8-9H,5-7H2,1-4H3/t8-,9?,12?,13+/m1/s1. The van der Waals surface area contributed by atoms with Gasteiger partial charge in [-0.3, -0.25) is 0 Å². The first-order chi connectivity index (χ1) is 8.78. The summed E-state index contributed by atoms with van der Waals surface area (Å²) >= 11 is 0. The predicted molar refractivity (Wildman–Crippen MR) is 62.3 cm³/mol. The van der Waals surface area contributed by atoms with Crippen molar-refractivity contribution in [1.82, 2.24) is 0 Å². The van der Waals surface area contributed by atoms with Gasteiger partial charge in [-0.25, -0.2) is 0 Å². The maximum atomic E-state index is 6.03. The Labute approximate surface area is 112 Å². The highest BCUT2D eigenvalue weighted by atomic mass is 16.9. The van der Waals surface area contributed by atoms with E-state index < -0.39 is 23.0 Å². The van der Waals surface area contributed by atoms with Gasteiger partial charge in [-0.05, 0) is 27.7 Å². The number of ether oxygens (including phenoxy) is 6. The van der Waals surface area contributed by atoms with E-state index in [4.69, 9.17) is 28.4 Å². The van der Waals surface area contributed by atoms with Crippen molar-refractivity contribution in [3.8, 4) is 0 Å². The molecule has 19 heavy (non-hydrogen) atoms. The van der Waals surface area contributed by atoms with Gasteiger partial charge in [0, 0.05) is 0 Å². The lowest BCUT2D eigenvalue weighted by Gasteiger charge is -2.42. The fourth-order valence-corrected chi connectivity index (χ4v) is 3.37. The van der Waals surface area contributed by atoms with Crippen LogP contribution in [0.2, 0.25) is 0 Å². The Kier molecular flexibility index (Phi) is 2.18. The molecule has 0 amide bonds. The molecule has 4 aliphatic rings. The van der Waals surface area contributed by atoms with Crippen LogP contribution in [-0.2, 0) is 28.4 Å². The highest BCUT2D eigenvalue weighted by molar-refractivity contribution is 5.18. The average Bonchev–Trinajstić information content (AvgIpc) is 2.94. The Hall–Kier alpha value is -0.240. The molecule has 4 fully saturated rings. The number of hydrogen-bond donors (Lipinski definition) is 0. The molecule has 0 saturated carbocycles. The molecule has 0 aliphatic carbocycles. The van der Waals surface area contributed by atoms with Crippen LogP contribution in [0.1, 0.15) is 27.7 Å². The smallest absolute Gasteiger partial charge is 0.229 e. The van der Waals surface area contributed by atoms with Crippen molar-refractivity contribution in [1.29, 1.82) is 0 Å². The van der Waals surface area contributed by atoms with Crippen LogP contribution >= 0.6 is 0 Å². The monoisotopic (exact) mass is 272 g/mol. The maximum Gasteiger partial charge on any atom is 0.229 e. The normalized spacial score (nSPS) is 53.7. The topological polar surface area (TPSA) is 58.7 Å². The van der Waals surface area contributed by atoms with E-state index >= 15 is 0 Å². The lowest BCUT2D eigenvalue weighted by molar-refractivity contribution is -0.316. The summed E-state index contributed by atoms with van der Waals surface area (Å²) in [5.74, 6) is -2.15. The van der Waals surface area contributed by atoms with Gasteiger partial charge in [0.05, 0.1) is 13.2 Å². The number of fused-ring (bicyclic) bond motifs is 3. The Morgan fingerprint density at radius 1 is 0.842 bits per heavy atom. The highest BCUT2D eigenvalue weighted by Crippen LogP contribution is 2.56. The molecule has 4 heterocycles. The second kappa shape index (κ2) is 3.32. The Balaban J connectivity index is 1.67. The molecular formula is C13H20O6. The van der Waals surface area contributed by atoms with Crippen LogP contribution in [0.25, 0.3) is 0 Å². The summed E-state index contributed by atoms with van der Waals surface area (Å²) in [6.45, 7) is 8.90. The Bertz CT molecular complexity index is 413. The number of hydrogen-bond acceptors (Lipinski definition) is 6. The van der Waals surface area contributed by atoms with Gasteiger partial charge >= 0.3 is 0 Å². The molecule has 0 aromatic carbocycles. The molecule has 4 atom stereocenters. The van der Waals surface area contributed by atoms with E-state index in [0.29, 0.717) is 19.8 Å². The molecule has 0 radical (unpaired) electrons. The van der Waals surface area contributed by atoms with Gasteiger partial charge in [0.1, 0.15) is 18.8 Å². The summed E-state index contributed by atoms with van der Waals surface area (Å²) < 4.78 is 35.3. The Morgan fingerprint density at radius 2 is 1.58 bits per heavy atom. The fourth-order valence-electron chi connectivity index (χ4n) is 3.37. The first-order valence-corrected chi connectivity index (χ1v) is 6.75. The maximum absolute atomic E-state index is 6.03. The van der Waals surface area contributed by atoms with Crippen LogP contribution in [-0.4, -0.2) is 55.0 Å². The molecular weight excluding hydrogens is 252 g/mol. The van der Waals surface area contributed by atoms with E-state index in [9.17, 15) is 0 Å². The zero-order chi connectivity index (χ0) is 13.5. The molecule has 108 valence electrons. The molecule has 0 N–H and O–H groups in total. The lowest BCUT2D eigenvalue weighted by atomic mass is 9.87. The summed E-state index contributed by atoms with van der Waals surface area (Å²) in [5.41, 5.74) is -0.600.